The zero-order chi connectivity index (χ0) is 14.1. The molecule has 0 spiro atoms. The molecule has 0 bridgehead atoms. The Balaban J connectivity index is 2.05. The average molecular weight is 281 g/mol. The van der Waals surface area contributed by atoms with Crippen LogP contribution in [0.25, 0.3) is 22.2 Å². The highest BCUT2D eigenvalue weighted by molar-refractivity contribution is 6.67. The molecule has 20 heavy (non-hydrogen) atoms. The van der Waals surface area contributed by atoms with Crippen LogP contribution >= 0.6 is 11.6 Å². The topological polar surface area (TPSA) is 56.6 Å². The summed E-state index contributed by atoms with van der Waals surface area (Å²) in [6, 6.07) is 16.7. The van der Waals surface area contributed by atoms with E-state index in [1.165, 1.54) is 0 Å². The van der Waals surface area contributed by atoms with Gasteiger partial charge in [0, 0.05) is 22.2 Å². The Morgan fingerprint density at radius 3 is 2.50 bits per heavy atom. The maximum Gasteiger partial charge on any atom is 0.252 e. The molecule has 0 unspecified atom stereocenters. The van der Waals surface area contributed by atoms with Crippen molar-refractivity contribution < 1.29 is 4.79 Å². The smallest absolute Gasteiger partial charge is 0.252 e. The number of hydrogen-bond donors (Lipinski definition) is 1. The molecule has 3 rings (SSSR count). The average Bonchev–Trinajstić information content (AvgIpc) is 2.90. The van der Waals surface area contributed by atoms with E-state index in [4.69, 9.17) is 16.9 Å². The Kier molecular flexibility index (Phi) is 3.02. The number of fused-ring (bicyclic) bond motifs is 1. The van der Waals surface area contributed by atoms with E-state index in [1.807, 2.05) is 30.3 Å². The molecule has 3 aromatic rings. The van der Waals surface area contributed by atoms with Crippen molar-refractivity contribution in [2.45, 2.75) is 0 Å². The summed E-state index contributed by atoms with van der Waals surface area (Å²) in [6.45, 7) is 0. The standard InChI is InChI=1S/C16H9ClN2O/c17-16(20)12-4-2-11(3-5-12)15-8-13-7-10(9-18)1-6-14(13)19-15/h1-8,19H. The minimum Gasteiger partial charge on any atom is -0.355 e. The molecule has 0 radical (unpaired) electrons. The molecule has 0 aliphatic carbocycles. The Hall–Kier alpha value is -2.57. The lowest BCUT2D eigenvalue weighted by atomic mass is 10.1. The number of nitrogens with zero attached hydrogens (tertiary/aromatic N) is 1. The van der Waals surface area contributed by atoms with Gasteiger partial charge in [0.2, 0.25) is 0 Å². The van der Waals surface area contributed by atoms with Crippen molar-refractivity contribution in [2.24, 2.45) is 0 Å². The van der Waals surface area contributed by atoms with Crippen LogP contribution in [0.4, 0.5) is 0 Å². The van der Waals surface area contributed by atoms with E-state index >= 15 is 0 Å². The largest absolute Gasteiger partial charge is 0.355 e. The van der Waals surface area contributed by atoms with E-state index in [0.29, 0.717) is 11.1 Å². The van der Waals surface area contributed by atoms with Crippen molar-refractivity contribution >= 4 is 27.7 Å². The second-order valence-electron chi connectivity index (χ2n) is 4.45. The molecule has 0 saturated carbocycles. The predicted octanol–water partition coefficient (Wildman–Crippen LogP) is 4.09. The van der Waals surface area contributed by atoms with Crippen molar-refractivity contribution in [3.8, 4) is 17.3 Å². The van der Waals surface area contributed by atoms with Gasteiger partial charge in [0.1, 0.15) is 0 Å². The number of H-pyrrole nitrogens is 1. The normalized spacial score (nSPS) is 10.4. The summed E-state index contributed by atoms with van der Waals surface area (Å²) in [7, 11) is 0. The zero-order valence-corrected chi connectivity index (χ0v) is 11.1. The van der Waals surface area contributed by atoms with Crippen molar-refractivity contribution in [3.05, 3.63) is 59.7 Å². The number of hydrogen-bond acceptors (Lipinski definition) is 2. The van der Waals surface area contributed by atoms with Gasteiger partial charge in [-0.1, -0.05) is 12.1 Å². The monoisotopic (exact) mass is 280 g/mol. The van der Waals surface area contributed by atoms with Crippen molar-refractivity contribution in [1.82, 2.24) is 4.98 Å². The fourth-order valence-corrected chi connectivity index (χ4v) is 2.26. The molecule has 0 aliphatic rings. The first kappa shape index (κ1) is 12.5. The summed E-state index contributed by atoms with van der Waals surface area (Å²) in [6.07, 6.45) is 0. The first-order valence-electron chi connectivity index (χ1n) is 6.00. The number of carbonyl (C=O) groups is 1. The van der Waals surface area contributed by atoms with Gasteiger partial charge >= 0.3 is 0 Å². The third kappa shape index (κ3) is 2.18. The predicted molar refractivity (Wildman–Crippen MR) is 78.6 cm³/mol. The van der Waals surface area contributed by atoms with E-state index in [2.05, 4.69) is 11.1 Å². The van der Waals surface area contributed by atoms with Gasteiger partial charge < -0.3 is 4.98 Å². The minimum absolute atomic E-state index is 0.466. The minimum atomic E-state index is -0.466. The number of halogens is 1. The second kappa shape index (κ2) is 4.84. The van der Waals surface area contributed by atoms with Crippen LogP contribution in [0.15, 0.2) is 48.5 Å². The molecule has 4 heteroatoms. The van der Waals surface area contributed by atoms with E-state index in [1.54, 1.807) is 18.2 Å². The Morgan fingerprint density at radius 2 is 1.85 bits per heavy atom. The summed E-state index contributed by atoms with van der Waals surface area (Å²) in [5.41, 5.74) is 3.96. The van der Waals surface area contributed by atoms with Gasteiger partial charge in [0.05, 0.1) is 11.6 Å². The quantitative estimate of drug-likeness (QED) is 0.719. The molecule has 0 saturated heterocycles. The molecular weight excluding hydrogens is 272 g/mol. The van der Waals surface area contributed by atoms with Gasteiger partial charge in [-0.25, -0.2) is 0 Å². The molecule has 1 aromatic heterocycles. The lowest BCUT2D eigenvalue weighted by Crippen LogP contribution is -1.87. The summed E-state index contributed by atoms with van der Waals surface area (Å²) >= 11 is 5.42. The fraction of sp³-hybridized carbons (Fsp3) is 0. The molecule has 0 atom stereocenters. The third-order valence-corrected chi connectivity index (χ3v) is 3.39. The van der Waals surface area contributed by atoms with Crippen molar-refractivity contribution in [3.63, 3.8) is 0 Å². The number of aromatic amines is 1. The van der Waals surface area contributed by atoms with Crippen molar-refractivity contribution in [2.75, 3.05) is 0 Å². The van der Waals surface area contributed by atoms with E-state index in [-0.39, 0.29) is 0 Å². The molecule has 1 N–H and O–H groups in total. The maximum absolute atomic E-state index is 11.0. The Morgan fingerprint density at radius 1 is 1.10 bits per heavy atom. The van der Waals surface area contributed by atoms with Gasteiger partial charge in [0.15, 0.2) is 0 Å². The molecule has 1 heterocycles. The highest BCUT2D eigenvalue weighted by Crippen LogP contribution is 2.25. The second-order valence-corrected chi connectivity index (χ2v) is 4.79. The summed E-state index contributed by atoms with van der Waals surface area (Å²) in [5, 5.41) is 9.42. The van der Waals surface area contributed by atoms with Gasteiger partial charge in [-0.2, -0.15) is 5.26 Å². The highest BCUT2D eigenvalue weighted by Gasteiger charge is 2.06. The van der Waals surface area contributed by atoms with Gasteiger partial charge in [-0.15, -0.1) is 0 Å². The lowest BCUT2D eigenvalue weighted by Gasteiger charge is -1.98. The summed E-state index contributed by atoms with van der Waals surface area (Å²) in [4.78, 5) is 14.3. The molecule has 96 valence electrons. The molecule has 2 aromatic carbocycles. The molecular formula is C16H9ClN2O. The van der Waals surface area contributed by atoms with Crippen LogP contribution in [0, 0.1) is 11.3 Å². The van der Waals surface area contributed by atoms with Crippen LogP contribution in [0.5, 0.6) is 0 Å². The van der Waals surface area contributed by atoms with Crippen molar-refractivity contribution in [1.29, 1.82) is 5.26 Å². The van der Waals surface area contributed by atoms with Crippen LogP contribution < -0.4 is 0 Å². The van der Waals surface area contributed by atoms with E-state index < -0.39 is 5.24 Å². The number of aromatic nitrogens is 1. The SMILES string of the molecule is N#Cc1ccc2[nH]c(-c3ccc(C(=O)Cl)cc3)cc2c1. The molecule has 0 aliphatic heterocycles. The molecule has 0 amide bonds. The molecule has 0 fully saturated rings. The zero-order valence-electron chi connectivity index (χ0n) is 10.4. The van der Waals surface area contributed by atoms with Crippen LogP contribution in [-0.4, -0.2) is 10.2 Å². The first-order valence-corrected chi connectivity index (χ1v) is 6.38. The lowest BCUT2D eigenvalue weighted by molar-refractivity contribution is 0.108. The van der Waals surface area contributed by atoms with Crippen LogP contribution in [0.2, 0.25) is 0 Å². The van der Waals surface area contributed by atoms with Crippen LogP contribution in [0.1, 0.15) is 15.9 Å². The highest BCUT2D eigenvalue weighted by atomic mass is 35.5. The first-order chi connectivity index (χ1) is 9.67. The van der Waals surface area contributed by atoms with Crippen LogP contribution in [-0.2, 0) is 0 Å². The van der Waals surface area contributed by atoms with E-state index in [0.717, 1.165) is 22.2 Å². The Bertz CT molecular complexity index is 841. The number of nitrogens with one attached hydrogen (secondary N) is 1. The summed E-state index contributed by atoms with van der Waals surface area (Å²) in [5.74, 6) is 0. The third-order valence-electron chi connectivity index (χ3n) is 3.17. The number of carbonyl (C=O) groups excluding carboxylic acids is 1. The number of rotatable bonds is 2. The van der Waals surface area contributed by atoms with Crippen LogP contribution in [0.3, 0.4) is 0 Å². The Labute approximate surface area is 120 Å². The fourth-order valence-electron chi connectivity index (χ4n) is 2.14. The molecule has 3 nitrogen and oxygen atoms in total. The van der Waals surface area contributed by atoms with Gasteiger partial charge in [-0.3, -0.25) is 4.79 Å². The number of nitriles is 1. The van der Waals surface area contributed by atoms with E-state index in [9.17, 15) is 4.79 Å². The summed E-state index contributed by atoms with van der Waals surface area (Å²) < 4.78 is 0. The maximum atomic E-state index is 11.0. The van der Waals surface area contributed by atoms with Gasteiger partial charge in [-0.05, 0) is 53.6 Å². The van der Waals surface area contributed by atoms with Gasteiger partial charge in [0.25, 0.3) is 5.24 Å². The number of benzene rings is 2.